The molecule has 2 N–H and O–H groups in total. The lowest BCUT2D eigenvalue weighted by Gasteiger charge is -2.30. The predicted octanol–water partition coefficient (Wildman–Crippen LogP) is 3.26. The second kappa shape index (κ2) is 9.85. The highest BCUT2D eigenvalue weighted by atomic mass is 127. The summed E-state index contributed by atoms with van der Waals surface area (Å²) in [4.78, 5) is 26.8. The Morgan fingerprint density at radius 2 is 1.67 bits per heavy atom. The quantitative estimate of drug-likeness (QED) is 0.629. The van der Waals surface area contributed by atoms with Crippen molar-refractivity contribution >= 4 is 40.1 Å². The van der Waals surface area contributed by atoms with Gasteiger partial charge in [0.2, 0.25) is 11.8 Å². The number of carbonyl (C=O) groups is 2. The lowest BCUT2D eigenvalue weighted by Crippen LogP contribution is -2.43. The van der Waals surface area contributed by atoms with Crippen LogP contribution in [0, 0.1) is 9.49 Å². The Balaban J connectivity index is 1.40. The molecule has 1 heterocycles. The second-order valence-corrected chi connectivity index (χ2v) is 7.94. The first-order chi connectivity index (χ1) is 13.1. The van der Waals surface area contributed by atoms with Crippen LogP contribution in [-0.2, 0) is 16.1 Å². The van der Waals surface area contributed by atoms with Gasteiger partial charge in [-0.25, -0.2) is 0 Å². The number of nitrogens with zero attached hydrogens (tertiary/aromatic N) is 1. The van der Waals surface area contributed by atoms with E-state index in [0.717, 1.165) is 40.8 Å². The minimum atomic E-state index is -0.00825. The number of amides is 2. The molecule has 0 radical (unpaired) electrons. The van der Waals surface area contributed by atoms with E-state index in [9.17, 15) is 9.59 Å². The van der Waals surface area contributed by atoms with Crippen molar-refractivity contribution in [2.75, 3.05) is 25.0 Å². The highest BCUT2D eigenvalue weighted by molar-refractivity contribution is 14.1. The van der Waals surface area contributed by atoms with Crippen LogP contribution in [0.3, 0.4) is 0 Å². The van der Waals surface area contributed by atoms with Gasteiger partial charge in [0.15, 0.2) is 0 Å². The first-order valence-electron chi connectivity index (χ1n) is 9.20. The molecular formula is C21H24IN3O2. The van der Waals surface area contributed by atoms with Gasteiger partial charge in [-0.2, -0.15) is 0 Å². The SMILES string of the molecule is O=C(CN1CCC(C(=O)NCc2ccccc2)CC1)Nc1ccccc1I. The number of para-hydroxylation sites is 1. The Kier molecular flexibility index (Phi) is 7.23. The zero-order valence-electron chi connectivity index (χ0n) is 15.2. The molecule has 142 valence electrons. The Morgan fingerprint density at radius 3 is 2.37 bits per heavy atom. The molecule has 1 saturated heterocycles. The minimum absolute atomic E-state index is 0.00825. The first-order valence-corrected chi connectivity index (χ1v) is 10.3. The molecule has 2 amide bonds. The van der Waals surface area contributed by atoms with Gasteiger partial charge in [-0.1, -0.05) is 42.5 Å². The third-order valence-electron chi connectivity index (χ3n) is 4.78. The van der Waals surface area contributed by atoms with E-state index in [1.54, 1.807) is 0 Å². The Bertz CT molecular complexity index is 774. The van der Waals surface area contributed by atoms with E-state index < -0.39 is 0 Å². The van der Waals surface area contributed by atoms with Crippen LogP contribution in [0.15, 0.2) is 54.6 Å². The molecule has 6 heteroatoms. The monoisotopic (exact) mass is 477 g/mol. The molecule has 0 spiro atoms. The van der Waals surface area contributed by atoms with Crippen molar-refractivity contribution in [3.05, 3.63) is 63.7 Å². The van der Waals surface area contributed by atoms with Gasteiger partial charge < -0.3 is 10.6 Å². The number of hydrogen-bond donors (Lipinski definition) is 2. The summed E-state index contributed by atoms with van der Waals surface area (Å²) in [6.07, 6.45) is 1.58. The number of nitrogens with one attached hydrogen (secondary N) is 2. The van der Waals surface area contributed by atoms with Crippen molar-refractivity contribution in [2.24, 2.45) is 5.92 Å². The molecule has 0 aliphatic carbocycles. The maximum Gasteiger partial charge on any atom is 0.238 e. The van der Waals surface area contributed by atoms with Crippen LogP contribution in [0.4, 0.5) is 5.69 Å². The van der Waals surface area contributed by atoms with Gasteiger partial charge in [0.1, 0.15) is 0 Å². The van der Waals surface area contributed by atoms with Crippen molar-refractivity contribution in [3.8, 4) is 0 Å². The van der Waals surface area contributed by atoms with Gasteiger partial charge in [-0.15, -0.1) is 0 Å². The van der Waals surface area contributed by atoms with Crippen LogP contribution >= 0.6 is 22.6 Å². The minimum Gasteiger partial charge on any atom is -0.352 e. The fourth-order valence-corrected chi connectivity index (χ4v) is 3.76. The molecule has 1 fully saturated rings. The van der Waals surface area contributed by atoms with E-state index in [1.807, 2.05) is 54.6 Å². The Morgan fingerprint density at radius 1 is 1.00 bits per heavy atom. The molecule has 27 heavy (non-hydrogen) atoms. The van der Waals surface area contributed by atoms with Crippen LogP contribution in [0.25, 0.3) is 0 Å². The molecule has 0 aromatic heterocycles. The zero-order chi connectivity index (χ0) is 19.1. The maximum atomic E-state index is 12.4. The number of hydrogen-bond acceptors (Lipinski definition) is 3. The van der Waals surface area contributed by atoms with Crippen LogP contribution in [0.5, 0.6) is 0 Å². The Labute approximate surface area is 173 Å². The van der Waals surface area contributed by atoms with Crippen LogP contribution in [0.1, 0.15) is 18.4 Å². The van der Waals surface area contributed by atoms with Gasteiger partial charge in [0.05, 0.1) is 12.2 Å². The van der Waals surface area contributed by atoms with Gasteiger partial charge in [-0.3, -0.25) is 14.5 Å². The van der Waals surface area contributed by atoms with E-state index in [1.165, 1.54) is 0 Å². The lowest BCUT2D eigenvalue weighted by atomic mass is 9.96. The van der Waals surface area contributed by atoms with Crippen LogP contribution in [-0.4, -0.2) is 36.3 Å². The molecule has 0 atom stereocenters. The van der Waals surface area contributed by atoms with Crippen molar-refractivity contribution < 1.29 is 9.59 Å². The molecule has 0 saturated carbocycles. The van der Waals surface area contributed by atoms with Crippen LogP contribution in [0.2, 0.25) is 0 Å². The molecule has 1 aliphatic rings. The van der Waals surface area contributed by atoms with Crippen molar-refractivity contribution in [3.63, 3.8) is 0 Å². The van der Waals surface area contributed by atoms with Crippen molar-refractivity contribution in [1.29, 1.82) is 0 Å². The van der Waals surface area contributed by atoms with Crippen LogP contribution < -0.4 is 10.6 Å². The summed E-state index contributed by atoms with van der Waals surface area (Å²) in [5.41, 5.74) is 1.95. The number of rotatable bonds is 6. The maximum absolute atomic E-state index is 12.4. The standard InChI is InChI=1S/C21H24IN3O2/c22-18-8-4-5-9-19(18)24-20(26)15-25-12-10-17(11-13-25)21(27)23-14-16-6-2-1-3-7-16/h1-9,17H,10-15H2,(H,23,27)(H,24,26). The summed E-state index contributed by atoms with van der Waals surface area (Å²) < 4.78 is 1.03. The number of halogens is 1. The predicted molar refractivity (Wildman–Crippen MR) is 115 cm³/mol. The summed E-state index contributed by atoms with van der Waals surface area (Å²) in [5.74, 6) is 0.135. The van der Waals surface area contributed by atoms with E-state index in [-0.39, 0.29) is 17.7 Å². The molecule has 3 rings (SSSR count). The highest BCUT2D eigenvalue weighted by Crippen LogP contribution is 2.19. The summed E-state index contributed by atoms with van der Waals surface area (Å²) >= 11 is 2.21. The number of piperidine rings is 1. The summed E-state index contributed by atoms with van der Waals surface area (Å²) in [6.45, 7) is 2.47. The number of benzene rings is 2. The Hall–Kier alpha value is -1.93. The van der Waals surface area contributed by atoms with E-state index in [4.69, 9.17) is 0 Å². The van der Waals surface area contributed by atoms with Crippen molar-refractivity contribution in [1.82, 2.24) is 10.2 Å². The lowest BCUT2D eigenvalue weighted by molar-refractivity contribution is -0.126. The van der Waals surface area contributed by atoms with Gasteiger partial charge in [0.25, 0.3) is 0 Å². The summed E-state index contributed by atoms with van der Waals surface area (Å²) in [7, 11) is 0. The summed E-state index contributed by atoms with van der Waals surface area (Å²) in [6, 6.07) is 17.7. The van der Waals surface area contributed by atoms with E-state index in [0.29, 0.717) is 13.1 Å². The first kappa shape index (κ1) is 19.8. The molecule has 0 unspecified atom stereocenters. The fourth-order valence-electron chi connectivity index (χ4n) is 3.24. The molecule has 0 bridgehead atoms. The number of likely N-dealkylation sites (tertiary alicyclic amines) is 1. The highest BCUT2D eigenvalue weighted by Gasteiger charge is 2.25. The fraction of sp³-hybridized carbons (Fsp3) is 0.333. The number of anilines is 1. The normalized spacial score (nSPS) is 15.3. The average Bonchev–Trinajstić information content (AvgIpc) is 2.69. The van der Waals surface area contributed by atoms with Gasteiger partial charge in [0, 0.05) is 16.0 Å². The topological polar surface area (TPSA) is 61.4 Å². The van der Waals surface area contributed by atoms with E-state index in [2.05, 4.69) is 38.1 Å². The number of carbonyl (C=O) groups excluding carboxylic acids is 2. The van der Waals surface area contributed by atoms with Gasteiger partial charge >= 0.3 is 0 Å². The molecule has 2 aromatic carbocycles. The molecule has 2 aromatic rings. The second-order valence-electron chi connectivity index (χ2n) is 6.78. The smallest absolute Gasteiger partial charge is 0.238 e. The summed E-state index contributed by atoms with van der Waals surface area (Å²) in [5, 5.41) is 5.99. The van der Waals surface area contributed by atoms with Crippen molar-refractivity contribution in [2.45, 2.75) is 19.4 Å². The molecular weight excluding hydrogens is 453 g/mol. The third kappa shape index (κ3) is 6.04. The van der Waals surface area contributed by atoms with E-state index >= 15 is 0 Å². The third-order valence-corrected chi connectivity index (χ3v) is 5.72. The zero-order valence-corrected chi connectivity index (χ0v) is 17.3. The van der Waals surface area contributed by atoms with Gasteiger partial charge in [-0.05, 0) is 66.2 Å². The average molecular weight is 477 g/mol. The molecule has 5 nitrogen and oxygen atoms in total. The largest absolute Gasteiger partial charge is 0.352 e. The molecule has 1 aliphatic heterocycles.